The number of rotatable bonds is 4. The van der Waals surface area contributed by atoms with Gasteiger partial charge < -0.3 is 15.2 Å². The van der Waals surface area contributed by atoms with Crippen LogP contribution >= 0.6 is 0 Å². The fourth-order valence-corrected chi connectivity index (χ4v) is 3.48. The van der Waals surface area contributed by atoms with E-state index in [-0.39, 0.29) is 12.2 Å². The predicted molar refractivity (Wildman–Crippen MR) is 87.8 cm³/mol. The molecule has 2 unspecified atom stereocenters. The van der Waals surface area contributed by atoms with E-state index in [1.54, 1.807) is 0 Å². The molecule has 1 aromatic carbocycles. The molecule has 1 aromatic rings. The van der Waals surface area contributed by atoms with Crippen LogP contribution in [-0.2, 0) is 0 Å². The Hall–Kier alpha value is -1.38. The standard InChI is InChI=1S/C18H29NO2/c1-12(2)20-17-9-14(6-7-16(17)19)21-15-8-13(3)10-18(4,5)11-15/h6-7,9,12-13,15H,8,10-11,19H2,1-5H3. The lowest BCUT2D eigenvalue weighted by Gasteiger charge is -2.38. The van der Waals surface area contributed by atoms with Gasteiger partial charge in [0.05, 0.1) is 17.9 Å². The zero-order valence-corrected chi connectivity index (χ0v) is 14.0. The number of nitrogens with two attached hydrogens (primary N) is 1. The molecule has 0 aromatic heterocycles. The molecule has 1 fully saturated rings. The third-order valence-corrected chi connectivity index (χ3v) is 4.00. The molecule has 1 aliphatic carbocycles. The summed E-state index contributed by atoms with van der Waals surface area (Å²) in [6.07, 6.45) is 3.88. The lowest BCUT2D eigenvalue weighted by molar-refractivity contribution is 0.0560. The van der Waals surface area contributed by atoms with E-state index in [1.165, 1.54) is 6.42 Å². The predicted octanol–water partition coefficient (Wildman–Crippen LogP) is 4.65. The summed E-state index contributed by atoms with van der Waals surface area (Å²) in [6, 6.07) is 5.72. The van der Waals surface area contributed by atoms with Gasteiger partial charge in [-0.25, -0.2) is 0 Å². The molecule has 1 saturated carbocycles. The molecule has 1 aliphatic rings. The van der Waals surface area contributed by atoms with Crippen molar-refractivity contribution in [3.8, 4) is 11.5 Å². The Morgan fingerprint density at radius 2 is 1.95 bits per heavy atom. The monoisotopic (exact) mass is 291 g/mol. The van der Waals surface area contributed by atoms with Gasteiger partial charge in [-0.05, 0) is 56.6 Å². The van der Waals surface area contributed by atoms with Crippen molar-refractivity contribution >= 4 is 5.69 Å². The lowest BCUT2D eigenvalue weighted by atomic mass is 9.71. The summed E-state index contributed by atoms with van der Waals surface area (Å²) in [7, 11) is 0. The number of anilines is 1. The maximum Gasteiger partial charge on any atom is 0.146 e. The highest BCUT2D eigenvalue weighted by Gasteiger charge is 2.33. The second-order valence-corrected chi connectivity index (χ2v) is 7.52. The van der Waals surface area contributed by atoms with Gasteiger partial charge in [0, 0.05) is 6.07 Å². The van der Waals surface area contributed by atoms with Crippen LogP contribution in [0.5, 0.6) is 11.5 Å². The van der Waals surface area contributed by atoms with Gasteiger partial charge in [-0.15, -0.1) is 0 Å². The molecule has 0 saturated heterocycles. The molecule has 0 heterocycles. The second-order valence-electron chi connectivity index (χ2n) is 7.52. The van der Waals surface area contributed by atoms with E-state index in [4.69, 9.17) is 15.2 Å². The van der Waals surface area contributed by atoms with Crippen LogP contribution in [0.4, 0.5) is 5.69 Å². The first kappa shape index (κ1) is 16.0. The second kappa shape index (κ2) is 6.17. The Morgan fingerprint density at radius 1 is 1.24 bits per heavy atom. The smallest absolute Gasteiger partial charge is 0.146 e. The highest BCUT2D eigenvalue weighted by atomic mass is 16.5. The molecule has 0 aliphatic heterocycles. The number of hydrogen-bond acceptors (Lipinski definition) is 3. The first-order valence-electron chi connectivity index (χ1n) is 7.98. The first-order chi connectivity index (χ1) is 9.75. The quantitative estimate of drug-likeness (QED) is 0.821. The topological polar surface area (TPSA) is 44.5 Å². The van der Waals surface area contributed by atoms with Gasteiger partial charge in [0.2, 0.25) is 0 Å². The molecule has 2 rings (SSSR count). The minimum Gasteiger partial charge on any atom is -0.490 e. The van der Waals surface area contributed by atoms with Gasteiger partial charge in [-0.1, -0.05) is 20.8 Å². The zero-order valence-electron chi connectivity index (χ0n) is 14.0. The van der Waals surface area contributed by atoms with E-state index in [9.17, 15) is 0 Å². The molecule has 2 N–H and O–H groups in total. The van der Waals surface area contributed by atoms with E-state index < -0.39 is 0 Å². The summed E-state index contributed by atoms with van der Waals surface area (Å²) < 4.78 is 11.9. The SMILES string of the molecule is CC1CC(Oc2ccc(N)c(OC(C)C)c2)CC(C)(C)C1. The normalized spacial score (nSPS) is 24.9. The van der Waals surface area contributed by atoms with Gasteiger partial charge in [-0.2, -0.15) is 0 Å². The van der Waals surface area contributed by atoms with Gasteiger partial charge >= 0.3 is 0 Å². The molecule has 0 radical (unpaired) electrons. The lowest BCUT2D eigenvalue weighted by Crippen LogP contribution is -2.34. The summed E-state index contributed by atoms with van der Waals surface area (Å²) in [6.45, 7) is 11.0. The molecule has 2 atom stereocenters. The fourth-order valence-electron chi connectivity index (χ4n) is 3.48. The van der Waals surface area contributed by atoms with Gasteiger partial charge in [-0.3, -0.25) is 0 Å². The Kier molecular flexibility index (Phi) is 4.70. The molecule has 3 nitrogen and oxygen atoms in total. The molecular formula is C18H29NO2. The van der Waals surface area contributed by atoms with Crippen LogP contribution in [0.2, 0.25) is 0 Å². The number of ether oxygens (including phenoxy) is 2. The molecule has 0 amide bonds. The summed E-state index contributed by atoms with van der Waals surface area (Å²) in [5.41, 5.74) is 6.97. The molecule has 118 valence electrons. The van der Waals surface area contributed by atoms with Crippen LogP contribution in [0.1, 0.15) is 53.9 Å². The van der Waals surface area contributed by atoms with Crippen molar-refractivity contribution in [1.29, 1.82) is 0 Å². The average molecular weight is 291 g/mol. The van der Waals surface area contributed by atoms with Gasteiger partial charge in [0.15, 0.2) is 0 Å². The molecule has 0 bridgehead atoms. The van der Waals surface area contributed by atoms with Crippen molar-refractivity contribution in [3.05, 3.63) is 18.2 Å². The van der Waals surface area contributed by atoms with Crippen molar-refractivity contribution in [2.45, 2.75) is 66.1 Å². The molecule has 21 heavy (non-hydrogen) atoms. The van der Waals surface area contributed by atoms with E-state index >= 15 is 0 Å². The summed E-state index contributed by atoms with van der Waals surface area (Å²) >= 11 is 0. The summed E-state index contributed by atoms with van der Waals surface area (Å²) in [5, 5.41) is 0. The first-order valence-corrected chi connectivity index (χ1v) is 7.98. The van der Waals surface area contributed by atoms with E-state index in [0.717, 1.165) is 18.6 Å². The Bertz CT molecular complexity index is 482. The van der Waals surface area contributed by atoms with Gasteiger partial charge in [0.1, 0.15) is 11.5 Å². The van der Waals surface area contributed by atoms with Crippen LogP contribution < -0.4 is 15.2 Å². The third-order valence-electron chi connectivity index (χ3n) is 4.00. The highest BCUT2D eigenvalue weighted by Crippen LogP contribution is 2.40. The van der Waals surface area contributed by atoms with Crippen LogP contribution in [0.25, 0.3) is 0 Å². The van der Waals surface area contributed by atoms with Crippen molar-refractivity contribution < 1.29 is 9.47 Å². The summed E-state index contributed by atoms with van der Waals surface area (Å²) in [5.74, 6) is 2.28. The highest BCUT2D eigenvalue weighted by molar-refractivity contribution is 5.55. The van der Waals surface area contributed by atoms with Crippen LogP contribution in [-0.4, -0.2) is 12.2 Å². The van der Waals surface area contributed by atoms with Crippen LogP contribution in [0, 0.1) is 11.3 Å². The largest absolute Gasteiger partial charge is 0.490 e. The fraction of sp³-hybridized carbons (Fsp3) is 0.667. The number of benzene rings is 1. The minimum absolute atomic E-state index is 0.108. The maximum absolute atomic E-state index is 6.20. The average Bonchev–Trinajstić information content (AvgIpc) is 2.30. The number of hydrogen-bond donors (Lipinski definition) is 1. The Labute approximate surface area is 128 Å². The van der Waals surface area contributed by atoms with Crippen LogP contribution in [0.15, 0.2) is 18.2 Å². The molecule has 3 heteroatoms. The number of nitrogen functional groups attached to an aromatic ring is 1. The Morgan fingerprint density at radius 3 is 2.57 bits per heavy atom. The van der Waals surface area contributed by atoms with Crippen LogP contribution in [0.3, 0.4) is 0 Å². The molecule has 0 spiro atoms. The molecular weight excluding hydrogens is 262 g/mol. The third kappa shape index (κ3) is 4.55. The van der Waals surface area contributed by atoms with E-state index in [2.05, 4.69) is 20.8 Å². The maximum atomic E-state index is 6.20. The van der Waals surface area contributed by atoms with Crippen molar-refractivity contribution in [3.63, 3.8) is 0 Å². The Balaban J connectivity index is 2.09. The van der Waals surface area contributed by atoms with Crippen molar-refractivity contribution in [1.82, 2.24) is 0 Å². The zero-order chi connectivity index (χ0) is 15.6. The van der Waals surface area contributed by atoms with E-state index in [0.29, 0.717) is 22.8 Å². The van der Waals surface area contributed by atoms with Crippen molar-refractivity contribution in [2.75, 3.05) is 5.73 Å². The van der Waals surface area contributed by atoms with Gasteiger partial charge in [0.25, 0.3) is 0 Å². The van der Waals surface area contributed by atoms with Crippen molar-refractivity contribution in [2.24, 2.45) is 11.3 Å². The minimum atomic E-state index is 0.108. The van der Waals surface area contributed by atoms with E-state index in [1.807, 2.05) is 32.0 Å². The summed E-state index contributed by atoms with van der Waals surface area (Å²) in [4.78, 5) is 0.